The summed E-state index contributed by atoms with van der Waals surface area (Å²) < 4.78 is 16.4. The summed E-state index contributed by atoms with van der Waals surface area (Å²) in [6, 6.07) is 7.23. The number of hydrogen-bond acceptors (Lipinski definition) is 7. The fourth-order valence-corrected chi connectivity index (χ4v) is 3.18. The first kappa shape index (κ1) is 20.1. The average Bonchev–Trinajstić information content (AvgIpc) is 3.30. The van der Waals surface area contributed by atoms with Crippen molar-refractivity contribution in [2.45, 2.75) is 51.5 Å². The Balaban J connectivity index is 1.33. The van der Waals surface area contributed by atoms with Gasteiger partial charge in [-0.1, -0.05) is 19.0 Å². The number of methoxy groups -OCH3 is 1. The molecule has 1 aliphatic rings. The van der Waals surface area contributed by atoms with E-state index in [0.717, 1.165) is 30.0 Å². The van der Waals surface area contributed by atoms with Gasteiger partial charge in [-0.3, -0.25) is 4.79 Å². The molecule has 1 atom stereocenters. The van der Waals surface area contributed by atoms with Gasteiger partial charge in [0.1, 0.15) is 11.8 Å². The highest BCUT2D eigenvalue weighted by Gasteiger charge is 2.31. The maximum Gasteiger partial charge on any atom is 0.249 e. The van der Waals surface area contributed by atoms with Crippen molar-refractivity contribution in [1.82, 2.24) is 20.4 Å². The zero-order valence-corrected chi connectivity index (χ0v) is 17.4. The maximum atomic E-state index is 12.5. The summed E-state index contributed by atoms with van der Waals surface area (Å²) in [6.07, 6.45) is 4.54. The normalized spacial score (nSPS) is 14.7. The van der Waals surface area contributed by atoms with E-state index in [2.05, 4.69) is 20.4 Å². The Morgan fingerprint density at radius 2 is 2.03 bits per heavy atom. The first-order valence-electron chi connectivity index (χ1n) is 10.3. The third-order valence-corrected chi connectivity index (χ3v) is 5.14. The SMILES string of the molecule is COc1ccc(-c2cnc(CCC(=O)NC(c3nc(C4CC4)no3)C(C)C)o2)cc1. The number of carbonyl (C=O) groups excluding carboxylic acids is 1. The topological polar surface area (TPSA) is 103 Å². The first-order chi connectivity index (χ1) is 14.5. The Morgan fingerprint density at radius 3 is 2.70 bits per heavy atom. The van der Waals surface area contributed by atoms with Crippen LogP contribution in [0.1, 0.15) is 62.7 Å². The fourth-order valence-electron chi connectivity index (χ4n) is 3.18. The molecule has 8 nitrogen and oxygen atoms in total. The van der Waals surface area contributed by atoms with Crippen molar-refractivity contribution in [1.29, 1.82) is 0 Å². The zero-order valence-electron chi connectivity index (χ0n) is 17.4. The molecular weight excluding hydrogens is 384 g/mol. The minimum atomic E-state index is -0.308. The number of aryl methyl sites for hydroxylation is 1. The molecule has 158 valence electrons. The van der Waals surface area contributed by atoms with Crippen LogP contribution in [0.15, 0.2) is 39.4 Å². The van der Waals surface area contributed by atoms with Crippen LogP contribution in [0.2, 0.25) is 0 Å². The number of carbonyl (C=O) groups is 1. The molecule has 0 spiro atoms. The molecule has 1 N–H and O–H groups in total. The van der Waals surface area contributed by atoms with Crippen LogP contribution in [0.3, 0.4) is 0 Å². The molecule has 2 heterocycles. The van der Waals surface area contributed by atoms with Crippen molar-refractivity contribution in [3.63, 3.8) is 0 Å². The Hall–Kier alpha value is -3.16. The predicted octanol–water partition coefficient (Wildman–Crippen LogP) is 4.06. The second-order valence-electron chi connectivity index (χ2n) is 7.90. The summed E-state index contributed by atoms with van der Waals surface area (Å²) in [6.45, 7) is 4.03. The molecular formula is C22H26N4O4. The van der Waals surface area contributed by atoms with Crippen LogP contribution >= 0.6 is 0 Å². The van der Waals surface area contributed by atoms with Gasteiger partial charge in [-0.05, 0) is 43.0 Å². The monoisotopic (exact) mass is 410 g/mol. The second-order valence-corrected chi connectivity index (χ2v) is 7.90. The Labute approximate surface area is 175 Å². The van der Waals surface area contributed by atoms with Gasteiger partial charge in [-0.15, -0.1) is 0 Å². The molecule has 0 bridgehead atoms. The van der Waals surface area contributed by atoms with E-state index in [1.165, 1.54) is 0 Å². The van der Waals surface area contributed by atoms with E-state index in [-0.39, 0.29) is 24.3 Å². The van der Waals surface area contributed by atoms with Crippen molar-refractivity contribution in [2.24, 2.45) is 5.92 Å². The van der Waals surface area contributed by atoms with Gasteiger partial charge < -0.3 is 19.0 Å². The van der Waals surface area contributed by atoms with E-state index in [9.17, 15) is 4.79 Å². The van der Waals surface area contributed by atoms with Gasteiger partial charge in [0.05, 0.1) is 13.3 Å². The van der Waals surface area contributed by atoms with Crippen molar-refractivity contribution in [2.75, 3.05) is 7.11 Å². The average molecular weight is 410 g/mol. The molecule has 1 unspecified atom stereocenters. The molecule has 8 heteroatoms. The molecule has 0 saturated heterocycles. The maximum absolute atomic E-state index is 12.5. The summed E-state index contributed by atoms with van der Waals surface area (Å²) in [5.74, 6) is 3.61. The minimum absolute atomic E-state index is 0.107. The van der Waals surface area contributed by atoms with E-state index >= 15 is 0 Å². The van der Waals surface area contributed by atoms with Crippen LogP contribution < -0.4 is 10.1 Å². The molecule has 3 aromatic rings. The number of ether oxygens (including phenoxy) is 1. The van der Waals surface area contributed by atoms with Crippen LogP contribution in [0.5, 0.6) is 5.75 Å². The standard InChI is InChI=1S/C22H26N4O4/c1-13(2)20(22-25-21(26-30-22)15-4-5-15)24-18(27)10-11-19-23-12-17(29-19)14-6-8-16(28-3)9-7-14/h6-9,12-13,15,20H,4-5,10-11H2,1-3H3,(H,24,27). The molecule has 30 heavy (non-hydrogen) atoms. The third kappa shape index (κ3) is 4.69. The largest absolute Gasteiger partial charge is 0.497 e. The Morgan fingerprint density at radius 1 is 1.27 bits per heavy atom. The van der Waals surface area contributed by atoms with Crippen LogP contribution in [0.25, 0.3) is 11.3 Å². The quantitative estimate of drug-likeness (QED) is 0.567. The summed E-state index contributed by atoms with van der Waals surface area (Å²) >= 11 is 0. The number of amides is 1. The number of rotatable bonds is 9. The summed E-state index contributed by atoms with van der Waals surface area (Å²) in [7, 11) is 1.63. The van der Waals surface area contributed by atoms with Crippen molar-refractivity contribution >= 4 is 5.91 Å². The summed E-state index contributed by atoms with van der Waals surface area (Å²) in [5.41, 5.74) is 0.904. The molecule has 1 saturated carbocycles. The number of nitrogens with one attached hydrogen (secondary N) is 1. The second kappa shape index (κ2) is 8.69. The van der Waals surface area contributed by atoms with Gasteiger partial charge in [0.15, 0.2) is 17.5 Å². The third-order valence-electron chi connectivity index (χ3n) is 5.14. The van der Waals surface area contributed by atoms with Gasteiger partial charge in [0.2, 0.25) is 11.8 Å². The van der Waals surface area contributed by atoms with Crippen LogP contribution in [0, 0.1) is 5.92 Å². The number of aromatic nitrogens is 3. The van der Waals surface area contributed by atoms with Gasteiger partial charge in [0.25, 0.3) is 0 Å². The van der Waals surface area contributed by atoms with E-state index < -0.39 is 0 Å². The summed E-state index contributed by atoms with van der Waals surface area (Å²) in [4.78, 5) is 21.3. The minimum Gasteiger partial charge on any atom is -0.497 e. The number of nitrogens with zero attached hydrogens (tertiary/aromatic N) is 3. The lowest BCUT2D eigenvalue weighted by molar-refractivity contribution is -0.122. The molecule has 1 fully saturated rings. The lowest BCUT2D eigenvalue weighted by Gasteiger charge is -2.18. The lowest BCUT2D eigenvalue weighted by atomic mass is 10.0. The smallest absolute Gasteiger partial charge is 0.249 e. The van der Waals surface area contributed by atoms with E-state index in [0.29, 0.717) is 29.9 Å². The molecule has 1 aromatic carbocycles. The fraction of sp³-hybridized carbons (Fsp3) is 0.455. The van der Waals surface area contributed by atoms with Crippen LogP contribution in [-0.2, 0) is 11.2 Å². The molecule has 1 aliphatic carbocycles. The van der Waals surface area contributed by atoms with Gasteiger partial charge in [0, 0.05) is 24.3 Å². The van der Waals surface area contributed by atoms with Gasteiger partial charge in [-0.2, -0.15) is 4.98 Å². The van der Waals surface area contributed by atoms with Crippen molar-refractivity contribution in [3.05, 3.63) is 48.1 Å². The van der Waals surface area contributed by atoms with Crippen LogP contribution in [-0.4, -0.2) is 28.1 Å². The lowest BCUT2D eigenvalue weighted by Crippen LogP contribution is -2.32. The molecule has 1 amide bonds. The van der Waals surface area contributed by atoms with E-state index in [4.69, 9.17) is 13.7 Å². The highest BCUT2D eigenvalue weighted by Crippen LogP contribution is 2.38. The number of benzene rings is 1. The van der Waals surface area contributed by atoms with Crippen LogP contribution in [0.4, 0.5) is 0 Å². The number of oxazole rings is 1. The van der Waals surface area contributed by atoms with Crippen molar-refractivity contribution in [3.8, 4) is 17.1 Å². The van der Waals surface area contributed by atoms with E-state index in [1.54, 1.807) is 13.3 Å². The number of hydrogen-bond donors (Lipinski definition) is 1. The predicted molar refractivity (Wildman–Crippen MR) is 109 cm³/mol. The van der Waals surface area contributed by atoms with Crippen molar-refractivity contribution < 1.29 is 18.5 Å². The molecule has 2 aromatic heterocycles. The first-order valence-corrected chi connectivity index (χ1v) is 10.3. The van der Waals surface area contributed by atoms with Gasteiger partial charge in [-0.25, -0.2) is 4.98 Å². The highest BCUT2D eigenvalue weighted by atomic mass is 16.5. The molecule has 0 aliphatic heterocycles. The molecule has 4 rings (SSSR count). The summed E-state index contributed by atoms with van der Waals surface area (Å²) in [5, 5.41) is 7.06. The van der Waals surface area contributed by atoms with E-state index in [1.807, 2.05) is 38.1 Å². The van der Waals surface area contributed by atoms with Gasteiger partial charge >= 0.3 is 0 Å². The Kier molecular flexibility index (Phi) is 5.83. The highest BCUT2D eigenvalue weighted by molar-refractivity contribution is 5.76. The zero-order chi connectivity index (χ0) is 21.1. The Bertz CT molecular complexity index is 989. The molecule has 0 radical (unpaired) electrons.